The lowest BCUT2D eigenvalue weighted by atomic mass is 9.59. The average Bonchev–Trinajstić information content (AvgIpc) is 3.00. The predicted octanol–water partition coefficient (Wildman–Crippen LogP) is 1.97. The largest absolute Gasteiger partial charge is 0.369 e. The molecule has 1 fully saturated rings. The number of aromatic amines is 1. The molecule has 2 unspecified atom stereocenters. The Bertz CT molecular complexity index is 642. The summed E-state index contributed by atoms with van der Waals surface area (Å²) < 4.78 is 0. The summed E-state index contributed by atoms with van der Waals surface area (Å²) in [5.41, 5.74) is 5.25. The number of carbonyl (C=O) groups is 1. The van der Waals surface area contributed by atoms with Crippen molar-refractivity contribution in [3.8, 4) is 0 Å². The quantitative estimate of drug-likeness (QED) is 0.804. The van der Waals surface area contributed by atoms with Crippen LogP contribution in [-0.4, -0.2) is 26.6 Å². The van der Waals surface area contributed by atoms with E-state index in [4.69, 9.17) is 5.73 Å². The van der Waals surface area contributed by atoms with Gasteiger partial charge < -0.3 is 11.1 Å². The summed E-state index contributed by atoms with van der Waals surface area (Å²) in [6.45, 7) is 2.04. The van der Waals surface area contributed by atoms with E-state index in [-0.39, 0.29) is 5.91 Å². The van der Waals surface area contributed by atoms with Gasteiger partial charge in [0.05, 0.1) is 11.2 Å². The van der Waals surface area contributed by atoms with Crippen LogP contribution in [0.25, 0.3) is 0 Å². The molecule has 0 radical (unpaired) electrons. The summed E-state index contributed by atoms with van der Waals surface area (Å²) in [5, 5.41) is 10.4. The summed E-state index contributed by atoms with van der Waals surface area (Å²) in [7, 11) is 0. The Morgan fingerprint density at radius 3 is 2.77 bits per heavy atom. The molecule has 6 nitrogen and oxygen atoms in total. The van der Waals surface area contributed by atoms with Crippen LogP contribution in [0.15, 0.2) is 36.7 Å². The summed E-state index contributed by atoms with van der Waals surface area (Å²) in [5.74, 6) is 0.377. The van der Waals surface area contributed by atoms with Crippen molar-refractivity contribution in [2.45, 2.75) is 43.6 Å². The molecule has 116 valence electrons. The molecule has 6 heteroatoms. The first kappa shape index (κ1) is 14.6. The second kappa shape index (κ2) is 5.44. The molecule has 22 heavy (non-hydrogen) atoms. The number of primary amides is 1. The zero-order chi connectivity index (χ0) is 15.6. The molecule has 1 amide bonds. The topological polar surface area (TPSA) is 96.7 Å². The van der Waals surface area contributed by atoms with E-state index in [9.17, 15) is 4.79 Å². The Balaban J connectivity index is 2.10. The van der Waals surface area contributed by atoms with Crippen LogP contribution < -0.4 is 11.1 Å². The van der Waals surface area contributed by atoms with Gasteiger partial charge >= 0.3 is 0 Å². The van der Waals surface area contributed by atoms with Crippen molar-refractivity contribution >= 4 is 11.7 Å². The number of rotatable bonds is 4. The first-order valence-corrected chi connectivity index (χ1v) is 7.58. The molecule has 2 atom stereocenters. The zero-order valence-corrected chi connectivity index (χ0v) is 12.7. The molecule has 0 aliphatic heterocycles. The first-order chi connectivity index (χ1) is 10.6. The van der Waals surface area contributed by atoms with Crippen LogP contribution in [0.3, 0.4) is 0 Å². The minimum absolute atomic E-state index is 0.337. The maximum Gasteiger partial charge on any atom is 0.232 e. The molecule has 3 rings (SSSR count). The standard InChI is InChI=1S/C16H21N5O/c1-15(20-13-7-11-19-21-13)8-3-4-9-16(15,14(17)22)12-6-2-5-10-18-12/h2,5-7,10-11H,3-4,8-9H2,1H3,(H2,17,22)(H2,19,20,21). The van der Waals surface area contributed by atoms with E-state index >= 15 is 0 Å². The van der Waals surface area contributed by atoms with Crippen molar-refractivity contribution in [1.29, 1.82) is 0 Å². The van der Waals surface area contributed by atoms with Gasteiger partial charge in [-0.2, -0.15) is 5.10 Å². The highest BCUT2D eigenvalue weighted by molar-refractivity contribution is 5.89. The van der Waals surface area contributed by atoms with Crippen LogP contribution in [0.2, 0.25) is 0 Å². The third-order valence-corrected chi connectivity index (χ3v) is 4.85. The number of nitrogens with zero attached hydrogens (tertiary/aromatic N) is 2. The Kier molecular flexibility index (Phi) is 3.60. The van der Waals surface area contributed by atoms with Crippen LogP contribution in [0.1, 0.15) is 38.3 Å². The number of aromatic nitrogens is 3. The summed E-state index contributed by atoms with van der Waals surface area (Å²) in [6.07, 6.45) is 6.98. The number of hydrogen-bond acceptors (Lipinski definition) is 4. The van der Waals surface area contributed by atoms with Crippen molar-refractivity contribution in [2.75, 3.05) is 5.32 Å². The highest BCUT2D eigenvalue weighted by Gasteiger charge is 2.56. The van der Waals surface area contributed by atoms with Crippen LogP contribution in [0.5, 0.6) is 0 Å². The smallest absolute Gasteiger partial charge is 0.232 e. The molecule has 2 aromatic heterocycles. The van der Waals surface area contributed by atoms with Gasteiger partial charge in [0.15, 0.2) is 0 Å². The summed E-state index contributed by atoms with van der Waals surface area (Å²) in [6, 6.07) is 7.49. The lowest BCUT2D eigenvalue weighted by Crippen LogP contribution is -2.63. The van der Waals surface area contributed by atoms with Gasteiger partial charge in [0.1, 0.15) is 11.2 Å². The number of amides is 1. The van der Waals surface area contributed by atoms with Gasteiger partial charge in [0.25, 0.3) is 0 Å². The van der Waals surface area contributed by atoms with Gasteiger partial charge in [-0.15, -0.1) is 0 Å². The van der Waals surface area contributed by atoms with Crippen LogP contribution >= 0.6 is 0 Å². The molecule has 2 aromatic rings. The fraction of sp³-hybridized carbons (Fsp3) is 0.438. The number of hydrogen-bond donors (Lipinski definition) is 3. The fourth-order valence-corrected chi connectivity index (χ4v) is 3.69. The Morgan fingerprint density at radius 1 is 1.32 bits per heavy atom. The van der Waals surface area contributed by atoms with E-state index in [0.29, 0.717) is 12.2 Å². The lowest BCUT2D eigenvalue weighted by molar-refractivity contribution is -0.127. The number of H-pyrrole nitrogens is 1. The van der Waals surface area contributed by atoms with Crippen molar-refractivity contribution in [1.82, 2.24) is 15.2 Å². The van der Waals surface area contributed by atoms with E-state index in [0.717, 1.165) is 25.0 Å². The van der Waals surface area contributed by atoms with Crippen LogP contribution in [-0.2, 0) is 10.2 Å². The minimum atomic E-state index is -0.842. The molecular formula is C16H21N5O. The van der Waals surface area contributed by atoms with Gasteiger partial charge in [0, 0.05) is 12.4 Å². The molecule has 0 aromatic carbocycles. The fourth-order valence-electron chi connectivity index (χ4n) is 3.69. The van der Waals surface area contributed by atoms with Gasteiger partial charge in [-0.1, -0.05) is 18.9 Å². The van der Waals surface area contributed by atoms with E-state index in [1.165, 1.54) is 0 Å². The molecule has 4 N–H and O–H groups in total. The van der Waals surface area contributed by atoms with Gasteiger partial charge in [-0.3, -0.25) is 14.9 Å². The van der Waals surface area contributed by atoms with Crippen LogP contribution in [0.4, 0.5) is 5.82 Å². The third-order valence-electron chi connectivity index (χ3n) is 4.85. The highest BCUT2D eigenvalue weighted by Crippen LogP contribution is 2.47. The number of carbonyl (C=O) groups excluding carboxylic acids is 1. The monoisotopic (exact) mass is 299 g/mol. The summed E-state index contributed by atoms with van der Waals surface area (Å²) >= 11 is 0. The predicted molar refractivity (Wildman–Crippen MR) is 84.2 cm³/mol. The Hall–Kier alpha value is -2.37. The van der Waals surface area contributed by atoms with E-state index in [2.05, 4.69) is 20.5 Å². The molecule has 0 bridgehead atoms. The summed E-state index contributed by atoms with van der Waals surface area (Å²) in [4.78, 5) is 17.0. The van der Waals surface area contributed by atoms with E-state index in [1.807, 2.05) is 31.2 Å². The van der Waals surface area contributed by atoms with Crippen molar-refractivity contribution in [3.05, 3.63) is 42.4 Å². The molecular weight excluding hydrogens is 278 g/mol. The number of nitrogens with one attached hydrogen (secondary N) is 2. The molecule has 1 aliphatic carbocycles. The number of pyridine rings is 1. The lowest BCUT2D eigenvalue weighted by Gasteiger charge is -2.50. The zero-order valence-electron chi connectivity index (χ0n) is 12.7. The molecule has 2 heterocycles. The maximum atomic E-state index is 12.5. The van der Waals surface area contributed by atoms with Crippen molar-refractivity contribution in [3.63, 3.8) is 0 Å². The van der Waals surface area contributed by atoms with E-state index in [1.54, 1.807) is 12.4 Å². The number of anilines is 1. The second-order valence-corrected chi connectivity index (χ2v) is 6.11. The average molecular weight is 299 g/mol. The molecule has 1 saturated carbocycles. The van der Waals surface area contributed by atoms with Crippen LogP contribution in [0, 0.1) is 0 Å². The Labute approximate surface area is 129 Å². The van der Waals surface area contributed by atoms with Gasteiger partial charge in [0.2, 0.25) is 5.91 Å². The SMILES string of the molecule is CC1(Nc2cc[nH]n2)CCCCC1(C(N)=O)c1ccccn1. The molecule has 0 saturated heterocycles. The Morgan fingerprint density at radius 2 is 2.14 bits per heavy atom. The number of nitrogens with two attached hydrogens (primary N) is 1. The third kappa shape index (κ3) is 2.15. The van der Waals surface area contributed by atoms with Gasteiger partial charge in [-0.05, 0) is 38.0 Å². The van der Waals surface area contributed by atoms with E-state index < -0.39 is 11.0 Å². The van der Waals surface area contributed by atoms with Crippen molar-refractivity contribution in [2.24, 2.45) is 5.73 Å². The molecule has 1 aliphatic rings. The molecule has 0 spiro atoms. The normalized spacial score (nSPS) is 28.2. The van der Waals surface area contributed by atoms with Gasteiger partial charge in [-0.25, -0.2) is 0 Å². The second-order valence-electron chi connectivity index (χ2n) is 6.11. The minimum Gasteiger partial charge on any atom is -0.369 e. The maximum absolute atomic E-state index is 12.5. The first-order valence-electron chi connectivity index (χ1n) is 7.58. The highest BCUT2D eigenvalue weighted by atomic mass is 16.1. The van der Waals surface area contributed by atoms with Crippen molar-refractivity contribution < 1.29 is 4.79 Å².